The highest BCUT2D eigenvalue weighted by molar-refractivity contribution is 7.85. The molecular weight excluding hydrogens is 318 g/mol. The molecule has 21 heavy (non-hydrogen) atoms. The second-order valence-corrected chi connectivity index (χ2v) is 6.23. The predicted molar refractivity (Wildman–Crippen MR) is 78.9 cm³/mol. The molecule has 0 radical (unpaired) electrons. The van der Waals surface area contributed by atoms with Crippen molar-refractivity contribution in [1.82, 2.24) is 0 Å². The molecule has 110 valence electrons. The molecule has 0 aliphatic carbocycles. The van der Waals surface area contributed by atoms with Crippen LogP contribution in [0.3, 0.4) is 0 Å². The van der Waals surface area contributed by atoms with Gasteiger partial charge in [0.15, 0.2) is 5.78 Å². The zero-order valence-corrected chi connectivity index (χ0v) is 12.4. The van der Waals surface area contributed by atoms with E-state index in [0.29, 0.717) is 10.6 Å². The fraction of sp³-hybridized carbons (Fsp3) is 0.133. The second kappa shape index (κ2) is 6.91. The van der Waals surface area contributed by atoms with Crippen LogP contribution < -0.4 is 0 Å². The topological polar surface area (TPSA) is 34.1 Å². The van der Waals surface area contributed by atoms with E-state index >= 15 is 0 Å². The molecule has 2 rings (SSSR count). The second-order valence-electron chi connectivity index (χ2n) is 4.37. The Hall–Kier alpha value is -1.59. The Morgan fingerprint density at radius 2 is 1.86 bits per heavy atom. The van der Waals surface area contributed by atoms with Crippen LogP contribution in [0.25, 0.3) is 0 Å². The summed E-state index contributed by atoms with van der Waals surface area (Å²) in [4.78, 5) is 11.9. The van der Waals surface area contributed by atoms with Crippen molar-refractivity contribution in [2.45, 2.75) is 5.75 Å². The van der Waals surface area contributed by atoms with Crippen LogP contribution in [-0.2, 0) is 16.6 Å². The van der Waals surface area contributed by atoms with Gasteiger partial charge in [-0.05, 0) is 29.8 Å². The van der Waals surface area contributed by atoms with Crippen LogP contribution in [0.5, 0.6) is 0 Å². The molecule has 0 fully saturated rings. The number of carbonyl (C=O) groups excluding carboxylic acids is 1. The number of hydrogen-bond donors (Lipinski definition) is 0. The van der Waals surface area contributed by atoms with Crippen LogP contribution >= 0.6 is 11.6 Å². The van der Waals surface area contributed by atoms with Gasteiger partial charge in [0, 0.05) is 15.8 Å². The molecule has 2 nitrogen and oxygen atoms in total. The van der Waals surface area contributed by atoms with Crippen molar-refractivity contribution < 1.29 is 17.8 Å². The zero-order chi connectivity index (χ0) is 15.4. The van der Waals surface area contributed by atoms with E-state index in [4.69, 9.17) is 11.6 Å². The number of rotatable bonds is 5. The number of ketones is 1. The first kappa shape index (κ1) is 15.8. The normalized spacial score (nSPS) is 12.1. The van der Waals surface area contributed by atoms with Gasteiger partial charge in [-0.25, -0.2) is 8.78 Å². The van der Waals surface area contributed by atoms with Crippen molar-refractivity contribution in [1.29, 1.82) is 0 Å². The van der Waals surface area contributed by atoms with Crippen molar-refractivity contribution in [3.05, 3.63) is 70.2 Å². The highest BCUT2D eigenvalue weighted by Crippen LogP contribution is 2.17. The van der Waals surface area contributed by atoms with Gasteiger partial charge in [-0.1, -0.05) is 29.8 Å². The maximum atomic E-state index is 13.5. The summed E-state index contributed by atoms with van der Waals surface area (Å²) in [7, 11) is -1.55. The maximum Gasteiger partial charge on any atom is 0.178 e. The van der Waals surface area contributed by atoms with Crippen molar-refractivity contribution in [3.63, 3.8) is 0 Å². The van der Waals surface area contributed by atoms with E-state index in [1.165, 1.54) is 0 Å². The van der Waals surface area contributed by atoms with Crippen molar-refractivity contribution in [2.75, 3.05) is 5.75 Å². The third-order valence-corrected chi connectivity index (χ3v) is 4.38. The molecule has 0 heterocycles. The third-order valence-electron chi connectivity index (χ3n) is 2.80. The minimum atomic E-state index is -1.55. The Balaban J connectivity index is 2.08. The molecule has 1 unspecified atom stereocenters. The molecule has 2 aromatic rings. The molecule has 0 saturated carbocycles. The van der Waals surface area contributed by atoms with Gasteiger partial charge in [-0.15, -0.1) is 0 Å². The minimum absolute atomic E-state index is 0.0857. The van der Waals surface area contributed by atoms with Crippen LogP contribution in [0.2, 0.25) is 5.02 Å². The maximum absolute atomic E-state index is 13.5. The van der Waals surface area contributed by atoms with Crippen molar-refractivity contribution >= 4 is 28.2 Å². The van der Waals surface area contributed by atoms with Crippen LogP contribution in [-0.4, -0.2) is 15.7 Å². The molecular formula is C15H11ClF2O2S. The van der Waals surface area contributed by atoms with E-state index < -0.39 is 28.2 Å². The monoisotopic (exact) mass is 328 g/mol. The number of carbonyl (C=O) groups is 1. The van der Waals surface area contributed by atoms with Crippen LogP contribution in [0.1, 0.15) is 15.9 Å². The predicted octanol–water partition coefficient (Wildman–Crippen LogP) is 3.75. The SMILES string of the molecule is O=C(CS(=O)Cc1ccccc1Cl)c1cc(F)ccc1F. The summed E-state index contributed by atoms with van der Waals surface area (Å²) in [5, 5.41) is 0.454. The summed E-state index contributed by atoms with van der Waals surface area (Å²) in [6.45, 7) is 0. The lowest BCUT2D eigenvalue weighted by molar-refractivity contribution is 0.101. The van der Waals surface area contributed by atoms with Crippen LogP contribution in [0, 0.1) is 11.6 Å². The molecule has 0 N–H and O–H groups in total. The van der Waals surface area contributed by atoms with Gasteiger partial charge in [0.1, 0.15) is 11.6 Å². The van der Waals surface area contributed by atoms with E-state index in [-0.39, 0.29) is 17.1 Å². The van der Waals surface area contributed by atoms with Gasteiger partial charge in [0.05, 0.1) is 17.1 Å². The van der Waals surface area contributed by atoms with Gasteiger partial charge < -0.3 is 0 Å². The summed E-state index contributed by atoms with van der Waals surface area (Å²) in [5.74, 6) is -2.53. The van der Waals surface area contributed by atoms with Gasteiger partial charge in [0.2, 0.25) is 0 Å². The molecule has 0 amide bonds. The summed E-state index contributed by atoms with van der Waals surface area (Å²) in [5.41, 5.74) is 0.257. The smallest absolute Gasteiger partial charge is 0.178 e. The van der Waals surface area contributed by atoms with Crippen LogP contribution in [0.4, 0.5) is 8.78 Å². The molecule has 2 aromatic carbocycles. The first-order chi connectivity index (χ1) is 9.97. The molecule has 0 aromatic heterocycles. The largest absolute Gasteiger partial charge is 0.293 e. The molecule has 0 aliphatic rings. The number of hydrogen-bond acceptors (Lipinski definition) is 2. The quantitative estimate of drug-likeness (QED) is 0.783. The van der Waals surface area contributed by atoms with Gasteiger partial charge >= 0.3 is 0 Å². The molecule has 0 spiro atoms. The van der Waals surface area contributed by atoms with E-state index in [9.17, 15) is 17.8 Å². The van der Waals surface area contributed by atoms with Gasteiger partial charge in [0.25, 0.3) is 0 Å². The summed E-state index contributed by atoms with van der Waals surface area (Å²) in [6.07, 6.45) is 0. The standard InChI is InChI=1S/C15H11ClF2O2S/c16-13-4-2-1-3-10(13)8-21(20)9-15(19)12-7-11(17)5-6-14(12)18/h1-7H,8-9H2. The number of benzene rings is 2. The fourth-order valence-corrected chi connectivity index (χ4v) is 3.21. The Morgan fingerprint density at radius 3 is 2.57 bits per heavy atom. The van der Waals surface area contributed by atoms with E-state index in [0.717, 1.165) is 18.2 Å². The molecule has 0 saturated heterocycles. The lowest BCUT2D eigenvalue weighted by Gasteiger charge is -2.05. The van der Waals surface area contributed by atoms with Crippen molar-refractivity contribution in [3.8, 4) is 0 Å². The summed E-state index contributed by atoms with van der Waals surface area (Å²) in [6, 6.07) is 9.45. The van der Waals surface area contributed by atoms with Crippen molar-refractivity contribution in [2.24, 2.45) is 0 Å². The Bertz CT molecular complexity index is 704. The highest BCUT2D eigenvalue weighted by Gasteiger charge is 2.16. The van der Waals surface area contributed by atoms with Gasteiger partial charge in [-0.2, -0.15) is 0 Å². The van der Waals surface area contributed by atoms with Crippen LogP contribution in [0.15, 0.2) is 42.5 Å². The number of Topliss-reactive ketones (excluding diaryl/α,β-unsaturated/α-hetero) is 1. The van der Waals surface area contributed by atoms with Gasteiger partial charge in [-0.3, -0.25) is 9.00 Å². The minimum Gasteiger partial charge on any atom is -0.293 e. The lowest BCUT2D eigenvalue weighted by Crippen LogP contribution is -2.14. The average Bonchev–Trinajstić information content (AvgIpc) is 2.44. The zero-order valence-electron chi connectivity index (χ0n) is 10.8. The summed E-state index contributed by atoms with van der Waals surface area (Å²) >= 11 is 5.94. The fourth-order valence-electron chi connectivity index (χ4n) is 1.78. The molecule has 1 atom stereocenters. The number of halogens is 3. The highest BCUT2D eigenvalue weighted by atomic mass is 35.5. The van der Waals surface area contributed by atoms with E-state index in [1.807, 2.05) is 0 Å². The molecule has 0 bridgehead atoms. The first-order valence-corrected chi connectivity index (χ1v) is 7.90. The Labute approximate surface area is 128 Å². The van der Waals surface area contributed by atoms with E-state index in [1.54, 1.807) is 24.3 Å². The molecule has 0 aliphatic heterocycles. The first-order valence-electron chi connectivity index (χ1n) is 6.04. The summed E-state index contributed by atoms with van der Waals surface area (Å²) < 4.78 is 38.4. The Morgan fingerprint density at radius 1 is 1.14 bits per heavy atom. The third kappa shape index (κ3) is 4.19. The Kier molecular flexibility index (Phi) is 5.20. The molecule has 6 heteroatoms. The van der Waals surface area contributed by atoms with E-state index in [2.05, 4.69) is 0 Å². The average molecular weight is 329 g/mol. The lowest BCUT2D eigenvalue weighted by atomic mass is 10.1.